The second kappa shape index (κ2) is 7.16. The summed E-state index contributed by atoms with van der Waals surface area (Å²) >= 11 is 3.30. The van der Waals surface area contributed by atoms with Gasteiger partial charge in [-0.25, -0.2) is 0 Å². The third-order valence-corrected chi connectivity index (χ3v) is 3.10. The number of hydrogen-bond donors (Lipinski definition) is 2. The fourth-order valence-electron chi connectivity index (χ4n) is 1.39. The first-order valence-corrected chi connectivity index (χ1v) is 6.68. The van der Waals surface area contributed by atoms with Crippen LogP contribution >= 0.6 is 15.9 Å². The van der Waals surface area contributed by atoms with Crippen LogP contribution < -0.4 is 10.6 Å². The van der Waals surface area contributed by atoms with Crippen molar-refractivity contribution in [1.82, 2.24) is 10.6 Å². The summed E-state index contributed by atoms with van der Waals surface area (Å²) in [6.45, 7) is 4.26. The fraction of sp³-hybridized carbons (Fsp3) is 0.385. The van der Waals surface area contributed by atoms with Gasteiger partial charge < -0.3 is 10.6 Å². The van der Waals surface area contributed by atoms with Crippen LogP contribution in [0, 0.1) is 0 Å². The molecule has 1 aromatic carbocycles. The third kappa shape index (κ3) is 4.14. The van der Waals surface area contributed by atoms with E-state index in [1.165, 1.54) is 0 Å². The first-order chi connectivity index (χ1) is 8.56. The van der Waals surface area contributed by atoms with Crippen LogP contribution in [0.5, 0.6) is 0 Å². The van der Waals surface area contributed by atoms with Gasteiger partial charge in [0.2, 0.25) is 5.91 Å². The van der Waals surface area contributed by atoms with Gasteiger partial charge in [0.25, 0.3) is 5.91 Å². The van der Waals surface area contributed by atoms with Gasteiger partial charge in [0.15, 0.2) is 0 Å². The average molecular weight is 313 g/mol. The highest BCUT2D eigenvalue weighted by molar-refractivity contribution is 9.10. The minimum absolute atomic E-state index is 0.169. The quantitative estimate of drug-likeness (QED) is 0.874. The van der Waals surface area contributed by atoms with Gasteiger partial charge >= 0.3 is 0 Å². The van der Waals surface area contributed by atoms with Crippen molar-refractivity contribution in [3.8, 4) is 0 Å². The van der Waals surface area contributed by atoms with E-state index in [0.717, 1.165) is 6.42 Å². The van der Waals surface area contributed by atoms with E-state index in [2.05, 4.69) is 26.6 Å². The molecule has 4 nitrogen and oxygen atoms in total. The van der Waals surface area contributed by atoms with E-state index in [9.17, 15) is 9.59 Å². The smallest absolute Gasteiger partial charge is 0.253 e. The molecule has 0 aliphatic heterocycles. The molecule has 5 heteroatoms. The number of nitrogens with one attached hydrogen (secondary N) is 2. The Labute approximate surface area is 115 Å². The second-order valence-electron chi connectivity index (χ2n) is 3.97. The number of carbonyl (C=O) groups excluding carboxylic acids is 2. The lowest BCUT2D eigenvalue weighted by Gasteiger charge is -2.14. The van der Waals surface area contributed by atoms with Crippen molar-refractivity contribution in [3.05, 3.63) is 34.3 Å². The van der Waals surface area contributed by atoms with Crippen molar-refractivity contribution in [2.75, 3.05) is 6.54 Å². The van der Waals surface area contributed by atoms with E-state index in [4.69, 9.17) is 0 Å². The van der Waals surface area contributed by atoms with Crippen LogP contribution in [0.4, 0.5) is 0 Å². The number of halogens is 1. The molecule has 1 atom stereocenters. The first-order valence-electron chi connectivity index (χ1n) is 5.89. The predicted octanol–water partition coefficient (Wildman–Crippen LogP) is 2.09. The molecule has 0 spiro atoms. The topological polar surface area (TPSA) is 58.2 Å². The summed E-state index contributed by atoms with van der Waals surface area (Å²) in [4.78, 5) is 23.5. The number of hydrogen-bond acceptors (Lipinski definition) is 2. The van der Waals surface area contributed by atoms with Gasteiger partial charge in [0.05, 0.1) is 5.56 Å². The largest absolute Gasteiger partial charge is 0.354 e. The van der Waals surface area contributed by atoms with Gasteiger partial charge in [-0.15, -0.1) is 0 Å². The van der Waals surface area contributed by atoms with Crippen molar-refractivity contribution >= 4 is 27.7 Å². The van der Waals surface area contributed by atoms with E-state index in [-0.39, 0.29) is 11.8 Å². The van der Waals surface area contributed by atoms with Crippen LogP contribution in [0.15, 0.2) is 28.7 Å². The molecule has 1 aromatic rings. The molecule has 0 aliphatic rings. The van der Waals surface area contributed by atoms with E-state index >= 15 is 0 Å². The molecule has 0 fully saturated rings. The Kier molecular flexibility index (Phi) is 5.85. The molecule has 98 valence electrons. The summed E-state index contributed by atoms with van der Waals surface area (Å²) in [7, 11) is 0. The standard InChI is InChI=1S/C13H17BrN2O2/c1-3-8-15-12(17)9(2)16-13(18)10-6-4-5-7-11(10)14/h4-7,9H,3,8H2,1-2H3,(H,15,17)(H,16,18)/t9-/m1/s1. The molecule has 0 saturated heterocycles. The van der Waals surface area contributed by atoms with Gasteiger partial charge in [0.1, 0.15) is 6.04 Å². The van der Waals surface area contributed by atoms with Crippen molar-refractivity contribution in [3.63, 3.8) is 0 Å². The highest BCUT2D eigenvalue weighted by Crippen LogP contribution is 2.15. The first kappa shape index (κ1) is 14.7. The van der Waals surface area contributed by atoms with E-state index < -0.39 is 6.04 Å². The summed E-state index contributed by atoms with van der Waals surface area (Å²) in [6.07, 6.45) is 0.872. The molecule has 0 heterocycles. The minimum atomic E-state index is -0.545. The number of rotatable bonds is 5. The van der Waals surface area contributed by atoms with Crippen molar-refractivity contribution in [2.45, 2.75) is 26.3 Å². The zero-order valence-electron chi connectivity index (χ0n) is 10.5. The monoisotopic (exact) mass is 312 g/mol. The SMILES string of the molecule is CCCNC(=O)[C@@H](C)NC(=O)c1ccccc1Br. The van der Waals surface area contributed by atoms with Gasteiger partial charge in [-0.2, -0.15) is 0 Å². The molecule has 0 aliphatic carbocycles. The maximum absolute atomic E-state index is 11.9. The average Bonchev–Trinajstić information content (AvgIpc) is 2.36. The Balaban J connectivity index is 2.60. The molecule has 0 unspecified atom stereocenters. The second-order valence-corrected chi connectivity index (χ2v) is 4.82. The van der Waals surface area contributed by atoms with Crippen LogP contribution in [-0.4, -0.2) is 24.4 Å². The highest BCUT2D eigenvalue weighted by atomic mass is 79.9. The van der Waals surface area contributed by atoms with Crippen molar-refractivity contribution < 1.29 is 9.59 Å². The Morgan fingerprint density at radius 1 is 1.33 bits per heavy atom. The van der Waals surface area contributed by atoms with Crippen molar-refractivity contribution in [1.29, 1.82) is 0 Å². The molecule has 0 bridgehead atoms. The molecule has 0 radical (unpaired) electrons. The van der Waals surface area contributed by atoms with Gasteiger partial charge in [0, 0.05) is 11.0 Å². The van der Waals surface area contributed by atoms with Crippen LogP contribution in [0.2, 0.25) is 0 Å². The lowest BCUT2D eigenvalue weighted by molar-refractivity contribution is -0.122. The van der Waals surface area contributed by atoms with Crippen molar-refractivity contribution in [2.24, 2.45) is 0 Å². The summed E-state index contributed by atoms with van der Waals surface area (Å²) in [6, 6.07) is 6.56. The van der Waals surface area contributed by atoms with Crippen LogP contribution in [0.25, 0.3) is 0 Å². The minimum Gasteiger partial charge on any atom is -0.354 e. The summed E-state index contributed by atoms with van der Waals surface area (Å²) in [5.74, 6) is -0.432. The van der Waals surface area contributed by atoms with Gasteiger partial charge in [-0.1, -0.05) is 19.1 Å². The Morgan fingerprint density at radius 3 is 2.61 bits per heavy atom. The summed E-state index contributed by atoms with van der Waals surface area (Å²) in [5, 5.41) is 5.40. The third-order valence-electron chi connectivity index (χ3n) is 2.41. The van der Waals surface area contributed by atoms with E-state index in [1.54, 1.807) is 25.1 Å². The Hall–Kier alpha value is -1.36. The molecule has 0 saturated carbocycles. The molecule has 1 rings (SSSR count). The zero-order valence-corrected chi connectivity index (χ0v) is 12.1. The highest BCUT2D eigenvalue weighted by Gasteiger charge is 2.17. The fourth-order valence-corrected chi connectivity index (χ4v) is 1.85. The maximum Gasteiger partial charge on any atom is 0.253 e. The predicted molar refractivity (Wildman–Crippen MR) is 74.4 cm³/mol. The lowest BCUT2D eigenvalue weighted by atomic mass is 10.2. The molecule has 18 heavy (non-hydrogen) atoms. The number of benzene rings is 1. The van der Waals surface area contributed by atoms with Crippen LogP contribution in [0.3, 0.4) is 0 Å². The summed E-state index contributed by atoms with van der Waals surface area (Å²) in [5.41, 5.74) is 0.521. The van der Waals surface area contributed by atoms with Gasteiger partial charge in [-0.3, -0.25) is 9.59 Å². The Bertz CT molecular complexity index is 435. The molecule has 0 aromatic heterocycles. The van der Waals surface area contributed by atoms with Crippen LogP contribution in [-0.2, 0) is 4.79 Å². The van der Waals surface area contributed by atoms with Crippen LogP contribution in [0.1, 0.15) is 30.6 Å². The normalized spacial score (nSPS) is 11.7. The molecular formula is C13H17BrN2O2. The Morgan fingerprint density at radius 2 is 2.00 bits per heavy atom. The molecular weight excluding hydrogens is 296 g/mol. The number of carbonyl (C=O) groups is 2. The van der Waals surface area contributed by atoms with Gasteiger partial charge in [-0.05, 0) is 41.4 Å². The molecule has 2 N–H and O–H groups in total. The maximum atomic E-state index is 11.9. The zero-order chi connectivity index (χ0) is 13.5. The van der Waals surface area contributed by atoms with E-state index in [0.29, 0.717) is 16.6 Å². The molecule has 2 amide bonds. The van der Waals surface area contributed by atoms with E-state index in [1.807, 2.05) is 13.0 Å². The lowest BCUT2D eigenvalue weighted by Crippen LogP contribution is -2.45. The number of amides is 2. The summed E-state index contributed by atoms with van der Waals surface area (Å²) < 4.78 is 0.712.